The summed E-state index contributed by atoms with van der Waals surface area (Å²) in [4.78, 5) is 0. The van der Waals surface area contributed by atoms with Crippen LogP contribution >= 0.6 is 0 Å². The summed E-state index contributed by atoms with van der Waals surface area (Å²) in [5.74, 6) is 0. The maximum atomic E-state index is 14.4. The summed E-state index contributed by atoms with van der Waals surface area (Å²) < 4.78 is 74.6. The second-order valence-corrected chi connectivity index (χ2v) is 24.4. The minimum atomic E-state index is -4.59. The van der Waals surface area contributed by atoms with E-state index >= 15 is 0 Å². The number of hydrogen-bond acceptors (Lipinski definition) is 4. The molecule has 0 aliphatic carbocycles. The average molecular weight is 784 g/mol. The molecule has 1 fully saturated rings. The van der Waals surface area contributed by atoms with Crippen LogP contribution in [0, 0.1) is 0 Å². The Kier molecular flexibility index (Phi) is 10.0. The first-order valence-electron chi connectivity index (χ1n) is 17.5. The lowest BCUT2D eigenvalue weighted by atomic mass is 10.2. The van der Waals surface area contributed by atoms with Gasteiger partial charge in [0.1, 0.15) is 0 Å². The predicted octanol–water partition coefficient (Wildman–Crippen LogP) is 5.25. The van der Waals surface area contributed by atoms with Crippen molar-refractivity contribution in [2.75, 3.05) is 0 Å². The van der Waals surface area contributed by atoms with Gasteiger partial charge in [-0.05, 0) is 42.4 Å². The van der Waals surface area contributed by atoms with Gasteiger partial charge in [0, 0.05) is 0 Å². The van der Waals surface area contributed by atoms with Crippen LogP contribution in [-0.4, -0.2) is 35.0 Å². The van der Waals surface area contributed by atoms with E-state index in [1.807, 2.05) is 182 Å². The first-order valence-corrected chi connectivity index (χ1v) is 24.3. The molecule has 7 aromatic carbocycles. The second-order valence-electron chi connectivity index (χ2n) is 12.8. The van der Waals surface area contributed by atoms with E-state index in [1.165, 1.54) is 6.07 Å². The molecule has 0 bridgehead atoms. The third-order valence-electron chi connectivity index (χ3n) is 9.40. The van der Waals surface area contributed by atoms with Gasteiger partial charge >= 0.3 is 41.1 Å². The molecule has 54 heavy (non-hydrogen) atoms. The first kappa shape index (κ1) is 36.0. The molecular formula is C43H34F3O4Si4. The van der Waals surface area contributed by atoms with Gasteiger partial charge < -0.3 is 16.5 Å². The number of rotatable bonds is 7. The SMILES string of the molecule is FC(F)(F)c1cccc([Si]2O[Si](c3ccccc3)(c3ccccc3)O[Si](c3ccccc3)(c3ccccc3)O[Si](c3ccccc3)(c3ccccc3)O2)c1. The van der Waals surface area contributed by atoms with E-state index < -0.39 is 46.7 Å². The van der Waals surface area contributed by atoms with Crippen LogP contribution in [-0.2, 0) is 22.6 Å². The number of hydrogen-bond donors (Lipinski definition) is 0. The van der Waals surface area contributed by atoms with Crippen molar-refractivity contribution in [3.05, 3.63) is 212 Å². The number of halogens is 3. The molecule has 11 heteroatoms. The van der Waals surface area contributed by atoms with Gasteiger partial charge in [-0.2, -0.15) is 13.2 Å². The zero-order valence-corrected chi connectivity index (χ0v) is 32.9. The minimum Gasteiger partial charge on any atom is -0.404 e. The molecule has 0 spiro atoms. The molecular weight excluding hydrogens is 750 g/mol. The first-order chi connectivity index (χ1) is 26.3. The van der Waals surface area contributed by atoms with E-state index in [9.17, 15) is 13.2 Å². The summed E-state index contributed by atoms with van der Waals surface area (Å²) in [5.41, 5.74) is -0.788. The van der Waals surface area contributed by atoms with Gasteiger partial charge in [-0.25, -0.2) is 0 Å². The van der Waals surface area contributed by atoms with E-state index in [1.54, 1.807) is 6.07 Å². The van der Waals surface area contributed by atoms with E-state index in [0.29, 0.717) is 5.19 Å². The van der Waals surface area contributed by atoms with Crippen LogP contribution in [0.15, 0.2) is 206 Å². The molecule has 4 nitrogen and oxygen atoms in total. The number of benzene rings is 7. The van der Waals surface area contributed by atoms with E-state index in [4.69, 9.17) is 16.5 Å². The quantitative estimate of drug-likeness (QED) is 0.207. The maximum absolute atomic E-state index is 14.4. The Labute approximate surface area is 317 Å². The average Bonchev–Trinajstić information content (AvgIpc) is 3.23. The van der Waals surface area contributed by atoms with Gasteiger partial charge in [0.2, 0.25) is 0 Å². The molecule has 0 unspecified atom stereocenters. The zero-order valence-electron chi connectivity index (χ0n) is 28.9. The van der Waals surface area contributed by atoms with E-state index in [-0.39, 0.29) is 0 Å². The standard InChI is InChI=1S/C43H34F3O4Si4/c44-43(45,46)35-20-19-21-36(34-35)51-47-52(37-22-7-1-8-23-37,38-24-9-2-10-25-38)49-54(41-30-15-5-16-31-41,42-32-17-6-18-33-42)50-53(48-51,39-26-11-3-12-27-39)40-28-13-4-14-29-40/h1-34H. The van der Waals surface area contributed by atoms with Crippen LogP contribution in [0.4, 0.5) is 13.2 Å². The second kappa shape index (κ2) is 15.0. The lowest BCUT2D eigenvalue weighted by Gasteiger charge is -2.50. The lowest BCUT2D eigenvalue weighted by Crippen LogP contribution is -2.84. The Morgan fingerprint density at radius 1 is 0.352 bits per heavy atom. The topological polar surface area (TPSA) is 36.9 Å². The van der Waals surface area contributed by atoms with E-state index in [0.717, 1.165) is 43.3 Å². The highest BCUT2D eigenvalue weighted by atomic mass is 28.5. The highest BCUT2D eigenvalue weighted by Crippen LogP contribution is 2.31. The molecule has 0 saturated carbocycles. The smallest absolute Gasteiger partial charge is 0.404 e. The van der Waals surface area contributed by atoms with Crippen molar-refractivity contribution in [2.24, 2.45) is 0 Å². The van der Waals surface area contributed by atoms with Crippen molar-refractivity contribution in [1.29, 1.82) is 0 Å². The summed E-state index contributed by atoms with van der Waals surface area (Å²) in [6.45, 7) is 0. The van der Waals surface area contributed by atoms with E-state index in [2.05, 4.69) is 0 Å². The van der Waals surface area contributed by atoms with Crippen LogP contribution < -0.4 is 36.3 Å². The van der Waals surface area contributed by atoms with Crippen molar-refractivity contribution >= 4 is 71.3 Å². The Balaban J connectivity index is 1.52. The van der Waals surface area contributed by atoms with Gasteiger partial charge in [0.15, 0.2) is 0 Å². The van der Waals surface area contributed by atoms with Crippen LogP contribution in [0.2, 0.25) is 0 Å². The summed E-state index contributed by atoms with van der Waals surface area (Å²) >= 11 is 0. The maximum Gasteiger partial charge on any atom is 0.416 e. The molecule has 1 aliphatic rings. The van der Waals surface area contributed by atoms with Gasteiger partial charge in [0.05, 0.1) is 5.56 Å². The molecule has 0 N–H and O–H groups in total. The van der Waals surface area contributed by atoms with Gasteiger partial charge in [-0.15, -0.1) is 0 Å². The van der Waals surface area contributed by atoms with Gasteiger partial charge in [-0.1, -0.05) is 200 Å². The molecule has 1 saturated heterocycles. The van der Waals surface area contributed by atoms with Crippen molar-refractivity contribution in [2.45, 2.75) is 6.18 Å². The van der Waals surface area contributed by atoms with Crippen molar-refractivity contribution < 1.29 is 29.6 Å². The third kappa shape index (κ3) is 6.81. The van der Waals surface area contributed by atoms with Gasteiger partial charge in [-0.3, -0.25) is 0 Å². The summed E-state index contributed by atoms with van der Waals surface area (Å²) in [6.07, 6.45) is -4.59. The summed E-state index contributed by atoms with van der Waals surface area (Å²) in [7, 11) is -14.9. The van der Waals surface area contributed by atoms with Crippen LogP contribution in [0.1, 0.15) is 5.56 Å². The molecule has 7 aromatic rings. The Hall–Kier alpha value is -4.96. The van der Waals surface area contributed by atoms with Gasteiger partial charge in [0.25, 0.3) is 0 Å². The Bertz CT molecular complexity index is 2070. The Morgan fingerprint density at radius 3 is 0.944 bits per heavy atom. The van der Waals surface area contributed by atoms with Crippen LogP contribution in [0.25, 0.3) is 0 Å². The minimum absolute atomic E-state index is 0.295. The summed E-state index contributed by atoms with van der Waals surface area (Å²) in [5, 5.41) is 5.06. The molecule has 1 radical (unpaired) electrons. The Morgan fingerprint density at radius 2 is 0.648 bits per heavy atom. The largest absolute Gasteiger partial charge is 0.416 e. The third-order valence-corrected chi connectivity index (χ3v) is 25.1. The predicted molar refractivity (Wildman–Crippen MR) is 215 cm³/mol. The fourth-order valence-electron chi connectivity index (χ4n) is 6.84. The molecule has 8 rings (SSSR count). The zero-order chi connectivity index (χ0) is 37.1. The lowest BCUT2D eigenvalue weighted by molar-refractivity contribution is -0.137. The molecule has 0 aromatic heterocycles. The molecule has 267 valence electrons. The highest BCUT2D eigenvalue weighted by molar-refractivity contribution is 7.12. The van der Waals surface area contributed by atoms with Crippen molar-refractivity contribution in [3.63, 3.8) is 0 Å². The van der Waals surface area contributed by atoms with Crippen molar-refractivity contribution in [1.82, 2.24) is 0 Å². The number of alkyl halides is 3. The van der Waals surface area contributed by atoms with Crippen molar-refractivity contribution in [3.8, 4) is 0 Å². The van der Waals surface area contributed by atoms with Crippen LogP contribution in [0.5, 0.6) is 0 Å². The fraction of sp³-hybridized carbons (Fsp3) is 0.0233. The molecule has 0 amide bonds. The molecule has 1 aliphatic heterocycles. The highest BCUT2D eigenvalue weighted by Gasteiger charge is 2.63. The molecule has 0 atom stereocenters. The monoisotopic (exact) mass is 783 g/mol. The summed E-state index contributed by atoms with van der Waals surface area (Å²) in [6, 6.07) is 64.1. The fourth-order valence-corrected chi connectivity index (χ4v) is 26.2. The van der Waals surface area contributed by atoms with Crippen LogP contribution in [0.3, 0.4) is 0 Å². The molecule has 1 heterocycles. The normalized spacial score (nSPS) is 16.9.